The zero-order valence-corrected chi connectivity index (χ0v) is 9.84. The number of carbonyl (C=O) groups is 1. The van der Waals surface area contributed by atoms with Gasteiger partial charge in [-0.25, -0.2) is 0 Å². The van der Waals surface area contributed by atoms with Crippen LogP contribution in [0.1, 0.15) is 18.9 Å². The van der Waals surface area contributed by atoms with Crippen molar-refractivity contribution < 1.29 is 4.79 Å². The van der Waals surface area contributed by atoms with Crippen molar-refractivity contribution in [3.8, 4) is 0 Å². The van der Waals surface area contributed by atoms with E-state index < -0.39 is 0 Å². The zero-order chi connectivity index (χ0) is 12.0. The van der Waals surface area contributed by atoms with Crippen molar-refractivity contribution in [2.24, 2.45) is 0 Å². The Balaban J connectivity index is 2.51. The van der Waals surface area contributed by atoms with Gasteiger partial charge in [-0.2, -0.15) is 0 Å². The third-order valence-corrected chi connectivity index (χ3v) is 2.30. The lowest BCUT2D eigenvalue weighted by Crippen LogP contribution is -2.30. The molecular weight excluding hydrogens is 202 g/mol. The molecule has 1 aromatic carbocycles. The fourth-order valence-corrected chi connectivity index (χ4v) is 1.43. The Kier molecular flexibility index (Phi) is 4.64. The Labute approximate surface area is 96.2 Å². The van der Waals surface area contributed by atoms with Crippen molar-refractivity contribution in [3.05, 3.63) is 23.8 Å². The number of benzene rings is 1. The molecule has 0 atom stereocenters. The highest BCUT2D eigenvalue weighted by Crippen LogP contribution is 2.21. The molecule has 4 N–H and O–H groups in total. The Morgan fingerprint density at radius 1 is 1.44 bits per heavy atom. The molecule has 0 bridgehead atoms. The Morgan fingerprint density at radius 3 is 2.81 bits per heavy atom. The van der Waals surface area contributed by atoms with Gasteiger partial charge in [0.05, 0.1) is 17.9 Å². The van der Waals surface area contributed by atoms with Crippen LogP contribution < -0.4 is 16.4 Å². The van der Waals surface area contributed by atoms with Crippen molar-refractivity contribution >= 4 is 17.3 Å². The van der Waals surface area contributed by atoms with Crippen molar-refractivity contribution in [1.82, 2.24) is 5.32 Å². The molecular formula is C12H19N3O. The second kappa shape index (κ2) is 6.00. The minimum absolute atomic E-state index is 0.00972. The second-order valence-corrected chi connectivity index (χ2v) is 3.74. The van der Waals surface area contributed by atoms with Crippen LogP contribution in [0.15, 0.2) is 18.2 Å². The number of hydrogen-bond donors (Lipinski definition) is 3. The molecule has 0 unspecified atom stereocenters. The molecule has 1 amide bonds. The van der Waals surface area contributed by atoms with Crippen LogP contribution in [0.3, 0.4) is 0 Å². The maximum Gasteiger partial charge on any atom is 0.239 e. The number of para-hydroxylation sites is 1. The van der Waals surface area contributed by atoms with Crippen molar-refractivity contribution in [1.29, 1.82) is 0 Å². The third kappa shape index (κ3) is 3.46. The minimum atomic E-state index is -0.00972. The van der Waals surface area contributed by atoms with Gasteiger partial charge in [0.2, 0.25) is 5.91 Å². The highest BCUT2D eigenvalue weighted by molar-refractivity contribution is 5.82. The van der Waals surface area contributed by atoms with Gasteiger partial charge in [0, 0.05) is 6.54 Å². The Bertz CT molecular complexity index is 343. The molecule has 0 heterocycles. The number of anilines is 2. The molecule has 4 heteroatoms. The summed E-state index contributed by atoms with van der Waals surface area (Å²) in [6.45, 7) is 4.95. The molecule has 0 aliphatic carbocycles. The van der Waals surface area contributed by atoms with E-state index in [1.54, 1.807) is 0 Å². The molecule has 0 saturated carbocycles. The molecule has 0 aliphatic heterocycles. The Morgan fingerprint density at radius 2 is 2.19 bits per heavy atom. The molecule has 0 aromatic heterocycles. The summed E-state index contributed by atoms with van der Waals surface area (Å²) in [5.41, 5.74) is 8.37. The Hall–Kier alpha value is -1.71. The quantitative estimate of drug-likeness (QED) is 0.660. The van der Waals surface area contributed by atoms with Gasteiger partial charge in [-0.3, -0.25) is 4.79 Å². The molecule has 16 heavy (non-hydrogen) atoms. The summed E-state index contributed by atoms with van der Waals surface area (Å²) in [6, 6.07) is 5.68. The number of nitrogen functional groups attached to an aromatic ring is 1. The summed E-state index contributed by atoms with van der Waals surface area (Å²) >= 11 is 0. The highest BCUT2D eigenvalue weighted by atomic mass is 16.1. The fraction of sp³-hybridized carbons (Fsp3) is 0.417. The van der Waals surface area contributed by atoms with Gasteiger partial charge in [-0.15, -0.1) is 0 Å². The number of rotatable bonds is 5. The summed E-state index contributed by atoms with van der Waals surface area (Å²) in [4.78, 5) is 11.4. The second-order valence-electron chi connectivity index (χ2n) is 3.74. The molecule has 0 radical (unpaired) electrons. The number of aryl methyl sites for hydroxylation is 1. The van der Waals surface area contributed by atoms with Crippen molar-refractivity contribution in [3.63, 3.8) is 0 Å². The van der Waals surface area contributed by atoms with Gasteiger partial charge in [-0.1, -0.05) is 19.1 Å². The maximum absolute atomic E-state index is 11.4. The summed E-state index contributed by atoms with van der Waals surface area (Å²) < 4.78 is 0. The standard InChI is InChI=1S/C12H19N3O/c1-3-7-14-11(16)8-15-12-9(2)5-4-6-10(12)13/h4-6,15H,3,7-8,13H2,1-2H3,(H,14,16). The van der Waals surface area contributed by atoms with Gasteiger partial charge in [0.15, 0.2) is 0 Å². The van der Waals surface area contributed by atoms with E-state index in [4.69, 9.17) is 5.73 Å². The van der Waals surface area contributed by atoms with Gasteiger partial charge in [-0.05, 0) is 25.0 Å². The lowest BCUT2D eigenvalue weighted by atomic mass is 10.1. The smallest absolute Gasteiger partial charge is 0.239 e. The number of nitrogens with two attached hydrogens (primary N) is 1. The van der Waals surface area contributed by atoms with Crippen LogP contribution in [0, 0.1) is 6.92 Å². The minimum Gasteiger partial charge on any atom is -0.397 e. The van der Waals surface area contributed by atoms with Crippen LogP contribution in [0.25, 0.3) is 0 Å². The predicted molar refractivity (Wildman–Crippen MR) is 67.4 cm³/mol. The molecule has 0 fully saturated rings. The lowest BCUT2D eigenvalue weighted by molar-refractivity contribution is -0.119. The van der Waals surface area contributed by atoms with Crippen LogP contribution in [0.5, 0.6) is 0 Å². The molecule has 4 nitrogen and oxygen atoms in total. The van der Waals surface area contributed by atoms with Gasteiger partial charge in [0.25, 0.3) is 0 Å². The van der Waals surface area contributed by atoms with E-state index in [-0.39, 0.29) is 12.5 Å². The molecule has 88 valence electrons. The first-order chi connectivity index (χ1) is 7.65. The average molecular weight is 221 g/mol. The molecule has 1 rings (SSSR count). The van der Waals surface area contributed by atoms with E-state index in [0.29, 0.717) is 12.2 Å². The number of nitrogens with one attached hydrogen (secondary N) is 2. The largest absolute Gasteiger partial charge is 0.397 e. The van der Waals surface area contributed by atoms with Crippen LogP contribution in [-0.2, 0) is 4.79 Å². The third-order valence-electron chi connectivity index (χ3n) is 2.30. The summed E-state index contributed by atoms with van der Waals surface area (Å²) in [7, 11) is 0. The van der Waals surface area contributed by atoms with Crippen molar-refractivity contribution in [2.45, 2.75) is 20.3 Å². The number of amides is 1. The van der Waals surface area contributed by atoms with E-state index in [2.05, 4.69) is 10.6 Å². The zero-order valence-electron chi connectivity index (χ0n) is 9.84. The van der Waals surface area contributed by atoms with Crippen molar-refractivity contribution in [2.75, 3.05) is 24.1 Å². The summed E-state index contributed by atoms with van der Waals surface area (Å²) in [6.07, 6.45) is 0.943. The molecule has 0 saturated heterocycles. The van der Waals surface area contributed by atoms with Crippen LogP contribution in [0.4, 0.5) is 11.4 Å². The number of carbonyl (C=O) groups excluding carboxylic acids is 1. The van der Waals surface area contributed by atoms with Crippen LogP contribution in [-0.4, -0.2) is 19.0 Å². The van der Waals surface area contributed by atoms with E-state index in [9.17, 15) is 4.79 Å². The lowest BCUT2D eigenvalue weighted by Gasteiger charge is -2.11. The summed E-state index contributed by atoms with van der Waals surface area (Å²) in [5, 5.41) is 5.85. The van der Waals surface area contributed by atoms with Gasteiger partial charge >= 0.3 is 0 Å². The van der Waals surface area contributed by atoms with Crippen LogP contribution >= 0.6 is 0 Å². The topological polar surface area (TPSA) is 67.2 Å². The first-order valence-electron chi connectivity index (χ1n) is 5.50. The fourth-order valence-electron chi connectivity index (χ4n) is 1.43. The van der Waals surface area contributed by atoms with Crippen LogP contribution in [0.2, 0.25) is 0 Å². The molecule has 1 aromatic rings. The molecule has 0 aliphatic rings. The molecule has 0 spiro atoms. The first-order valence-corrected chi connectivity index (χ1v) is 5.50. The van der Waals surface area contributed by atoms with Gasteiger partial charge < -0.3 is 16.4 Å². The average Bonchev–Trinajstić information content (AvgIpc) is 2.25. The maximum atomic E-state index is 11.4. The number of hydrogen-bond acceptors (Lipinski definition) is 3. The predicted octanol–water partition coefficient (Wildman–Crippen LogP) is 1.52. The van der Waals surface area contributed by atoms with E-state index in [1.165, 1.54) is 0 Å². The monoisotopic (exact) mass is 221 g/mol. The van der Waals surface area contributed by atoms with E-state index >= 15 is 0 Å². The SMILES string of the molecule is CCCNC(=O)CNc1c(C)cccc1N. The summed E-state index contributed by atoms with van der Waals surface area (Å²) in [5.74, 6) is -0.00972. The highest BCUT2D eigenvalue weighted by Gasteiger charge is 2.04. The van der Waals surface area contributed by atoms with E-state index in [0.717, 1.165) is 17.7 Å². The first kappa shape index (κ1) is 12.4. The van der Waals surface area contributed by atoms with Gasteiger partial charge in [0.1, 0.15) is 0 Å². The normalized spacial score (nSPS) is 9.88. The van der Waals surface area contributed by atoms with E-state index in [1.807, 2.05) is 32.0 Å².